The molecule has 1 aliphatic rings. The summed E-state index contributed by atoms with van der Waals surface area (Å²) in [5.74, 6) is 1.26. The summed E-state index contributed by atoms with van der Waals surface area (Å²) in [6.45, 7) is 5.16. The molecule has 7 heteroatoms. The zero-order chi connectivity index (χ0) is 20.1. The Morgan fingerprint density at radius 3 is 2.68 bits per heavy atom. The fourth-order valence-electron chi connectivity index (χ4n) is 2.67. The van der Waals surface area contributed by atoms with Crippen LogP contribution in [0.1, 0.15) is 25.8 Å². The highest BCUT2D eigenvalue weighted by Crippen LogP contribution is 2.37. The molecule has 1 heterocycles. The lowest BCUT2D eigenvalue weighted by atomic mass is 10.1. The number of carbonyl (C=O) groups is 1. The molecule has 28 heavy (non-hydrogen) atoms. The Bertz CT molecular complexity index is 930. The number of rotatable bonds is 7. The highest BCUT2D eigenvalue weighted by molar-refractivity contribution is 9.10. The zero-order valence-electron chi connectivity index (χ0n) is 15.6. The minimum absolute atomic E-state index is 0.127. The van der Waals surface area contributed by atoms with E-state index in [9.17, 15) is 4.79 Å². The van der Waals surface area contributed by atoms with Gasteiger partial charge in [0.2, 0.25) is 0 Å². The van der Waals surface area contributed by atoms with Gasteiger partial charge in [0.15, 0.2) is 15.8 Å². The fraction of sp³-hybridized carbons (Fsp3) is 0.238. The van der Waals surface area contributed by atoms with Crippen LogP contribution in [0.2, 0.25) is 0 Å². The Labute approximate surface area is 183 Å². The molecular formula is C21H20BrNO3S2. The number of thioether (sulfide) groups is 1. The number of thiocarbonyl (C=S) groups is 1. The van der Waals surface area contributed by atoms with Crippen molar-refractivity contribution in [3.8, 4) is 11.5 Å². The van der Waals surface area contributed by atoms with E-state index < -0.39 is 0 Å². The molecule has 0 aromatic heterocycles. The molecule has 1 aliphatic heterocycles. The van der Waals surface area contributed by atoms with Crippen LogP contribution in [0.25, 0.3) is 6.08 Å². The van der Waals surface area contributed by atoms with Crippen LogP contribution in [0.4, 0.5) is 5.69 Å². The van der Waals surface area contributed by atoms with Crippen LogP contribution in [0.3, 0.4) is 0 Å². The third-order valence-electron chi connectivity index (χ3n) is 3.89. The van der Waals surface area contributed by atoms with Gasteiger partial charge in [0.25, 0.3) is 5.91 Å². The Balaban J connectivity index is 1.88. The average Bonchev–Trinajstić information content (AvgIpc) is 2.94. The summed E-state index contributed by atoms with van der Waals surface area (Å²) in [5.41, 5.74) is 1.61. The number of halogens is 1. The van der Waals surface area contributed by atoms with E-state index in [0.29, 0.717) is 33.9 Å². The van der Waals surface area contributed by atoms with Crippen molar-refractivity contribution in [3.05, 3.63) is 57.4 Å². The van der Waals surface area contributed by atoms with Crippen LogP contribution in [-0.2, 0) is 4.79 Å². The minimum atomic E-state index is -0.127. The molecule has 2 aromatic carbocycles. The standard InChI is InChI=1S/C21H20BrNO3S2/c1-3-10-26-17-9-8-14(11-18(17)25-4-2)12-19-20(24)23(21(27)28-19)16-7-5-6-15(22)13-16/h5-9,11-13H,3-4,10H2,1-2H3. The van der Waals surface area contributed by atoms with Crippen molar-refractivity contribution in [2.24, 2.45) is 0 Å². The molecule has 146 valence electrons. The third kappa shape index (κ3) is 4.77. The molecule has 4 nitrogen and oxygen atoms in total. The number of ether oxygens (including phenoxy) is 2. The fourth-order valence-corrected chi connectivity index (χ4v) is 4.36. The van der Waals surface area contributed by atoms with Gasteiger partial charge in [-0.1, -0.05) is 59.0 Å². The molecule has 0 atom stereocenters. The lowest BCUT2D eigenvalue weighted by Gasteiger charge is -2.14. The van der Waals surface area contributed by atoms with Gasteiger partial charge in [0.05, 0.1) is 23.8 Å². The van der Waals surface area contributed by atoms with Gasteiger partial charge in [0.1, 0.15) is 0 Å². The lowest BCUT2D eigenvalue weighted by Crippen LogP contribution is -2.27. The van der Waals surface area contributed by atoms with Crippen LogP contribution in [0.5, 0.6) is 11.5 Å². The molecule has 3 rings (SSSR count). The summed E-state index contributed by atoms with van der Waals surface area (Å²) in [5, 5.41) is 0. The van der Waals surface area contributed by atoms with Crippen molar-refractivity contribution < 1.29 is 14.3 Å². The number of hydrogen-bond donors (Lipinski definition) is 0. The summed E-state index contributed by atoms with van der Waals surface area (Å²) < 4.78 is 12.9. The van der Waals surface area contributed by atoms with Crippen molar-refractivity contribution in [2.75, 3.05) is 18.1 Å². The quantitative estimate of drug-likeness (QED) is 0.358. The van der Waals surface area contributed by atoms with Crippen molar-refractivity contribution in [1.82, 2.24) is 0 Å². The van der Waals surface area contributed by atoms with E-state index >= 15 is 0 Å². The summed E-state index contributed by atoms with van der Waals surface area (Å²) in [4.78, 5) is 15.1. The molecule has 1 fully saturated rings. The van der Waals surface area contributed by atoms with Crippen molar-refractivity contribution in [2.45, 2.75) is 20.3 Å². The second-order valence-corrected chi connectivity index (χ2v) is 8.58. The lowest BCUT2D eigenvalue weighted by molar-refractivity contribution is -0.113. The van der Waals surface area contributed by atoms with Crippen LogP contribution in [-0.4, -0.2) is 23.4 Å². The Morgan fingerprint density at radius 1 is 1.14 bits per heavy atom. The molecule has 0 spiro atoms. The number of benzene rings is 2. The topological polar surface area (TPSA) is 38.8 Å². The van der Waals surface area contributed by atoms with E-state index in [1.807, 2.05) is 55.5 Å². The predicted octanol–water partition coefficient (Wildman–Crippen LogP) is 6.04. The van der Waals surface area contributed by atoms with Gasteiger partial charge in [-0.05, 0) is 55.3 Å². The van der Waals surface area contributed by atoms with Crippen LogP contribution >= 0.6 is 39.9 Å². The molecule has 0 aliphatic carbocycles. The largest absolute Gasteiger partial charge is 0.490 e. The van der Waals surface area contributed by atoms with Crippen molar-refractivity contribution in [3.63, 3.8) is 0 Å². The van der Waals surface area contributed by atoms with Crippen LogP contribution < -0.4 is 14.4 Å². The van der Waals surface area contributed by atoms with E-state index in [2.05, 4.69) is 22.9 Å². The van der Waals surface area contributed by atoms with Crippen molar-refractivity contribution in [1.29, 1.82) is 0 Å². The normalized spacial score (nSPS) is 15.4. The molecule has 0 N–H and O–H groups in total. The summed E-state index contributed by atoms with van der Waals surface area (Å²) >= 11 is 10.2. The van der Waals surface area contributed by atoms with E-state index in [4.69, 9.17) is 21.7 Å². The maximum Gasteiger partial charge on any atom is 0.270 e. The number of amides is 1. The van der Waals surface area contributed by atoms with E-state index in [1.165, 1.54) is 11.8 Å². The van der Waals surface area contributed by atoms with Gasteiger partial charge >= 0.3 is 0 Å². The highest BCUT2D eigenvalue weighted by atomic mass is 79.9. The molecule has 1 amide bonds. The minimum Gasteiger partial charge on any atom is -0.490 e. The molecule has 2 aromatic rings. The monoisotopic (exact) mass is 477 g/mol. The van der Waals surface area contributed by atoms with E-state index in [0.717, 1.165) is 22.1 Å². The summed E-state index contributed by atoms with van der Waals surface area (Å²) in [6.07, 6.45) is 2.76. The SMILES string of the molecule is CCCOc1ccc(C=C2SC(=S)N(c3cccc(Br)c3)C2=O)cc1OCC. The third-order valence-corrected chi connectivity index (χ3v) is 5.68. The van der Waals surface area contributed by atoms with E-state index in [-0.39, 0.29) is 5.91 Å². The first-order valence-electron chi connectivity index (χ1n) is 8.96. The van der Waals surface area contributed by atoms with E-state index in [1.54, 1.807) is 4.90 Å². The molecule has 0 saturated carbocycles. The molecule has 0 bridgehead atoms. The second kappa shape index (κ2) is 9.58. The Hall–Kier alpha value is -1.83. The first-order valence-corrected chi connectivity index (χ1v) is 11.0. The van der Waals surface area contributed by atoms with Gasteiger partial charge in [-0.15, -0.1) is 0 Å². The smallest absolute Gasteiger partial charge is 0.270 e. The van der Waals surface area contributed by atoms with Crippen LogP contribution in [0.15, 0.2) is 51.8 Å². The van der Waals surface area contributed by atoms with Crippen LogP contribution in [0, 0.1) is 0 Å². The first kappa shape index (κ1) is 20.9. The Kier molecular flexibility index (Phi) is 7.15. The molecule has 1 saturated heterocycles. The molecule has 0 radical (unpaired) electrons. The number of carbonyl (C=O) groups excluding carboxylic acids is 1. The van der Waals surface area contributed by atoms with Gasteiger partial charge < -0.3 is 9.47 Å². The molecular weight excluding hydrogens is 458 g/mol. The number of anilines is 1. The zero-order valence-corrected chi connectivity index (χ0v) is 18.8. The molecule has 0 unspecified atom stereocenters. The Morgan fingerprint density at radius 2 is 1.96 bits per heavy atom. The van der Waals surface area contributed by atoms with Gasteiger partial charge in [-0.2, -0.15) is 0 Å². The maximum absolute atomic E-state index is 12.9. The van der Waals surface area contributed by atoms with Crippen molar-refractivity contribution >= 4 is 61.9 Å². The van der Waals surface area contributed by atoms with Gasteiger partial charge in [-0.25, -0.2) is 0 Å². The number of hydrogen-bond acceptors (Lipinski definition) is 5. The average molecular weight is 478 g/mol. The predicted molar refractivity (Wildman–Crippen MR) is 123 cm³/mol. The summed E-state index contributed by atoms with van der Waals surface area (Å²) in [6, 6.07) is 13.2. The van der Waals surface area contributed by atoms with Gasteiger partial charge in [0, 0.05) is 4.47 Å². The van der Waals surface area contributed by atoms with Gasteiger partial charge in [-0.3, -0.25) is 9.69 Å². The summed E-state index contributed by atoms with van der Waals surface area (Å²) in [7, 11) is 0. The maximum atomic E-state index is 12.9. The second-order valence-electron chi connectivity index (χ2n) is 5.98. The highest BCUT2D eigenvalue weighted by Gasteiger charge is 2.33. The number of nitrogens with zero attached hydrogens (tertiary/aromatic N) is 1. The first-order chi connectivity index (χ1) is 13.5.